The molecule has 0 aromatic rings. The molecule has 4 nitrogen and oxygen atoms in total. The van der Waals surface area contributed by atoms with Crippen LogP contribution in [0.2, 0.25) is 0 Å². The van der Waals surface area contributed by atoms with E-state index in [4.69, 9.17) is 0 Å². The Hall–Kier alpha value is -0.130. The van der Waals surface area contributed by atoms with E-state index in [1.807, 2.05) is 0 Å². The van der Waals surface area contributed by atoms with Gasteiger partial charge in [-0.15, -0.1) is 0 Å². The second kappa shape index (κ2) is 5.88. The Morgan fingerprint density at radius 2 is 1.94 bits per heavy atom. The Balaban J connectivity index is 1.95. The first-order valence-corrected chi connectivity index (χ1v) is 8.89. The molecule has 0 aromatic heterocycles. The lowest BCUT2D eigenvalue weighted by atomic mass is 9.91. The number of nitrogens with one attached hydrogen (secondary N) is 1. The quantitative estimate of drug-likeness (QED) is 0.797. The van der Waals surface area contributed by atoms with Crippen LogP contribution in [-0.4, -0.2) is 44.2 Å². The Bertz CT molecular complexity index is 365. The predicted molar refractivity (Wildman–Crippen MR) is 73.9 cm³/mol. The van der Waals surface area contributed by atoms with E-state index in [1.54, 1.807) is 4.31 Å². The molecule has 0 aromatic carbocycles. The third-order valence-corrected chi connectivity index (χ3v) is 6.24. The zero-order valence-electron chi connectivity index (χ0n) is 11.6. The summed E-state index contributed by atoms with van der Waals surface area (Å²) in [7, 11) is -3.00. The monoisotopic (exact) mass is 274 g/mol. The fraction of sp³-hybridized carbons (Fsp3) is 1.00. The normalized spacial score (nSPS) is 30.6. The molecule has 2 unspecified atom stereocenters. The lowest BCUT2D eigenvalue weighted by molar-refractivity contribution is 0.204. The van der Waals surface area contributed by atoms with Crippen molar-refractivity contribution in [1.29, 1.82) is 0 Å². The van der Waals surface area contributed by atoms with Crippen LogP contribution in [0.5, 0.6) is 0 Å². The number of nitrogens with zero attached hydrogens (tertiary/aromatic N) is 1. The average Bonchev–Trinajstić information content (AvgIpc) is 3.13. The van der Waals surface area contributed by atoms with Crippen LogP contribution in [0.1, 0.15) is 39.5 Å². The van der Waals surface area contributed by atoms with Crippen LogP contribution >= 0.6 is 0 Å². The summed E-state index contributed by atoms with van der Waals surface area (Å²) in [6.45, 7) is 6.65. The van der Waals surface area contributed by atoms with Crippen LogP contribution < -0.4 is 5.32 Å². The van der Waals surface area contributed by atoms with Crippen LogP contribution in [-0.2, 0) is 10.0 Å². The molecule has 106 valence electrons. The molecule has 1 heterocycles. The van der Waals surface area contributed by atoms with Crippen LogP contribution in [0.4, 0.5) is 0 Å². The van der Waals surface area contributed by atoms with Crippen molar-refractivity contribution in [3.63, 3.8) is 0 Å². The molecule has 18 heavy (non-hydrogen) atoms. The van der Waals surface area contributed by atoms with Crippen molar-refractivity contribution in [3.05, 3.63) is 0 Å². The first-order valence-electron chi connectivity index (χ1n) is 7.28. The van der Waals surface area contributed by atoms with Gasteiger partial charge in [0.25, 0.3) is 0 Å². The highest BCUT2D eigenvalue weighted by Gasteiger charge is 2.36. The molecule has 1 aliphatic carbocycles. The molecule has 1 N–H and O–H groups in total. The van der Waals surface area contributed by atoms with Gasteiger partial charge in [0.1, 0.15) is 0 Å². The smallest absolute Gasteiger partial charge is 0.214 e. The summed E-state index contributed by atoms with van der Waals surface area (Å²) in [5, 5.41) is 3.49. The Morgan fingerprint density at radius 1 is 1.22 bits per heavy atom. The Kier molecular flexibility index (Phi) is 4.67. The van der Waals surface area contributed by atoms with Gasteiger partial charge in [-0.2, -0.15) is 0 Å². The Morgan fingerprint density at radius 3 is 2.50 bits per heavy atom. The van der Waals surface area contributed by atoms with Gasteiger partial charge < -0.3 is 5.32 Å². The van der Waals surface area contributed by atoms with Crippen molar-refractivity contribution in [2.24, 2.45) is 11.8 Å². The zero-order valence-corrected chi connectivity index (χ0v) is 12.4. The largest absolute Gasteiger partial charge is 0.314 e. The van der Waals surface area contributed by atoms with E-state index in [1.165, 1.54) is 0 Å². The van der Waals surface area contributed by atoms with Crippen LogP contribution in [0.15, 0.2) is 0 Å². The summed E-state index contributed by atoms with van der Waals surface area (Å²) in [6, 6.07) is 0.493. The van der Waals surface area contributed by atoms with E-state index in [0.29, 0.717) is 36.7 Å². The van der Waals surface area contributed by atoms with Crippen LogP contribution in [0, 0.1) is 11.8 Å². The fourth-order valence-corrected chi connectivity index (χ4v) is 4.83. The summed E-state index contributed by atoms with van der Waals surface area (Å²) < 4.78 is 26.3. The molecule has 2 rings (SSSR count). The van der Waals surface area contributed by atoms with Crippen LogP contribution in [0.3, 0.4) is 0 Å². The average molecular weight is 274 g/mol. The van der Waals surface area contributed by atoms with Gasteiger partial charge in [-0.05, 0) is 37.6 Å². The van der Waals surface area contributed by atoms with Crippen molar-refractivity contribution in [1.82, 2.24) is 9.62 Å². The number of piperidine rings is 1. The van der Waals surface area contributed by atoms with Gasteiger partial charge in [-0.3, -0.25) is 0 Å². The molecule has 0 spiro atoms. The molecule has 0 amide bonds. The minimum Gasteiger partial charge on any atom is -0.314 e. The number of sulfonamides is 1. The van der Waals surface area contributed by atoms with Gasteiger partial charge >= 0.3 is 0 Å². The summed E-state index contributed by atoms with van der Waals surface area (Å²) >= 11 is 0. The van der Waals surface area contributed by atoms with Gasteiger partial charge in [0.05, 0.1) is 5.75 Å². The molecule has 1 saturated carbocycles. The van der Waals surface area contributed by atoms with E-state index in [-0.39, 0.29) is 0 Å². The highest BCUT2D eigenvalue weighted by atomic mass is 32.2. The van der Waals surface area contributed by atoms with E-state index in [2.05, 4.69) is 19.2 Å². The highest BCUT2D eigenvalue weighted by molar-refractivity contribution is 7.89. The molecule has 0 radical (unpaired) electrons. The molecule has 5 heteroatoms. The minimum absolute atomic E-state index is 0.384. The number of hydrogen-bond acceptors (Lipinski definition) is 3. The second-order valence-electron chi connectivity index (χ2n) is 5.70. The predicted octanol–water partition coefficient (Wildman–Crippen LogP) is 1.44. The number of hydrogen-bond donors (Lipinski definition) is 1. The summed E-state index contributed by atoms with van der Waals surface area (Å²) in [5.41, 5.74) is 0. The maximum absolute atomic E-state index is 12.3. The second-order valence-corrected chi connectivity index (χ2v) is 7.71. The first-order chi connectivity index (χ1) is 8.56. The molecule has 2 fully saturated rings. The molecular weight excluding hydrogens is 248 g/mol. The van der Waals surface area contributed by atoms with Crippen molar-refractivity contribution < 1.29 is 8.42 Å². The van der Waals surface area contributed by atoms with Crippen molar-refractivity contribution in [2.45, 2.75) is 45.6 Å². The summed E-state index contributed by atoms with van der Waals surface area (Å²) in [4.78, 5) is 0. The maximum Gasteiger partial charge on any atom is 0.214 e. The molecule has 1 aliphatic heterocycles. The van der Waals surface area contributed by atoms with Gasteiger partial charge in [0, 0.05) is 19.1 Å². The van der Waals surface area contributed by atoms with Crippen molar-refractivity contribution in [3.8, 4) is 0 Å². The van der Waals surface area contributed by atoms with Gasteiger partial charge in [0.15, 0.2) is 0 Å². The van der Waals surface area contributed by atoms with E-state index >= 15 is 0 Å². The van der Waals surface area contributed by atoms with Crippen molar-refractivity contribution >= 4 is 10.0 Å². The van der Waals surface area contributed by atoms with E-state index < -0.39 is 10.0 Å². The van der Waals surface area contributed by atoms with E-state index in [0.717, 1.165) is 32.2 Å². The van der Waals surface area contributed by atoms with Crippen LogP contribution in [0.25, 0.3) is 0 Å². The number of rotatable bonds is 6. The molecule has 0 bridgehead atoms. The van der Waals surface area contributed by atoms with Gasteiger partial charge in [-0.25, -0.2) is 12.7 Å². The third kappa shape index (κ3) is 3.45. The highest BCUT2D eigenvalue weighted by Crippen LogP contribution is 2.32. The SMILES string of the molecule is CCNC1CCN(S(=O)(=O)CC2CC2)CC1CC. The van der Waals surface area contributed by atoms with Crippen molar-refractivity contribution in [2.75, 3.05) is 25.4 Å². The lowest BCUT2D eigenvalue weighted by Gasteiger charge is -2.38. The topological polar surface area (TPSA) is 49.4 Å². The first kappa shape index (κ1) is 14.3. The standard InChI is InChI=1S/C13H26N2O2S/c1-3-12-9-15(8-7-13(12)14-4-2)18(16,17)10-11-5-6-11/h11-14H,3-10H2,1-2H3. The van der Waals surface area contributed by atoms with Gasteiger partial charge in [0.2, 0.25) is 10.0 Å². The zero-order chi connectivity index (χ0) is 13.2. The van der Waals surface area contributed by atoms with Gasteiger partial charge in [-0.1, -0.05) is 20.3 Å². The molecule has 2 atom stereocenters. The lowest BCUT2D eigenvalue weighted by Crippen LogP contribution is -2.51. The van der Waals surface area contributed by atoms with E-state index in [9.17, 15) is 8.42 Å². The summed E-state index contributed by atoms with van der Waals surface area (Å²) in [6.07, 6.45) is 4.21. The summed E-state index contributed by atoms with van der Waals surface area (Å²) in [5.74, 6) is 1.30. The minimum atomic E-state index is -3.00. The fourth-order valence-electron chi connectivity index (χ4n) is 2.88. The Labute approximate surface area is 111 Å². The third-order valence-electron chi connectivity index (χ3n) is 4.22. The molecule has 1 saturated heterocycles. The molecule has 2 aliphatic rings. The molecular formula is C13H26N2O2S. The maximum atomic E-state index is 12.3.